The van der Waals surface area contributed by atoms with Gasteiger partial charge in [0.2, 0.25) is 0 Å². The van der Waals surface area contributed by atoms with Gasteiger partial charge in [0.25, 0.3) is 0 Å². The second kappa shape index (κ2) is 6.74. The van der Waals surface area contributed by atoms with Crippen molar-refractivity contribution in [2.45, 2.75) is 13.3 Å². The van der Waals surface area contributed by atoms with Crippen LogP contribution in [0.15, 0.2) is 12.2 Å². The van der Waals surface area contributed by atoms with E-state index in [0.717, 1.165) is 7.11 Å². The molecule has 0 aromatic heterocycles. The van der Waals surface area contributed by atoms with Gasteiger partial charge in [-0.2, -0.15) is 0 Å². The summed E-state index contributed by atoms with van der Waals surface area (Å²) in [6.45, 7) is 4.92. The minimum Gasteiger partial charge on any atom is -0.460 e. The third-order valence-electron chi connectivity index (χ3n) is 1.52. The van der Waals surface area contributed by atoms with Crippen molar-refractivity contribution >= 4 is 13.8 Å². The number of carbonyl (C=O) groups is 1. The van der Waals surface area contributed by atoms with Crippen LogP contribution < -0.4 is 0 Å². The van der Waals surface area contributed by atoms with Gasteiger partial charge in [0.1, 0.15) is 6.61 Å². The lowest BCUT2D eigenvalue weighted by Gasteiger charge is -2.09. The summed E-state index contributed by atoms with van der Waals surface area (Å²) >= 11 is 0. The highest BCUT2D eigenvalue weighted by atomic mass is 31.2. The summed E-state index contributed by atoms with van der Waals surface area (Å²) in [5.41, 5.74) is 0.342. The zero-order valence-corrected chi connectivity index (χ0v) is 9.66. The maximum Gasteiger partial charge on any atom is 0.472 e. The molecule has 0 saturated heterocycles. The van der Waals surface area contributed by atoms with E-state index in [1.807, 2.05) is 0 Å². The first-order valence-electron chi connectivity index (χ1n) is 4.31. The predicted octanol–water partition coefficient (Wildman–Crippen LogP) is 1.26. The van der Waals surface area contributed by atoms with Crippen LogP contribution in [0.2, 0.25) is 0 Å². The van der Waals surface area contributed by atoms with E-state index >= 15 is 0 Å². The van der Waals surface area contributed by atoms with Gasteiger partial charge < -0.3 is 9.63 Å². The summed E-state index contributed by atoms with van der Waals surface area (Å²) < 4.78 is 24.0. The highest BCUT2D eigenvalue weighted by molar-refractivity contribution is 7.47. The summed E-state index contributed by atoms with van der Waals surface area (Å²) in [7, 11) is -2.93. The molecule has 0 bridgehead atoms. The number of phosphoric ester groups is 1. The van der Waals surface area contributed by atoms with E-state index in [1.165, 1.54) is 0 Å². The molecule has 0 aromatic rings. The Labute approximate surface area is 88.5 Å². The van der Waals surface area contributed by atoms with Gasteiger partial charge in [-0.05, 0) is 6.42 Å². The van der Waals surface area contributed by atoms with Gasteiger partial charge >= 0.3 is 13.8 Å². The van der Waals surface area contributed by atoms with E-state index in [4.69, 9.17) is 4.89 Å². The lowest BCUT2D eigenvalue weighted by Crippen LogP contribution is -2.11. The number of carbonyl (C=O) groups excluding carboxylic acids is 1. The fourth-order valence-electron chi connectivity index (χ4n) is 0.586. The van der Waals surface area contributed by atoms with E-state index in [1.54, 1.807) is 6.92 Å². The summed E-state index contributed by atoms with van der Waals surface area (Å²) in [5, 5.41) is 0. The van der Waals surface area contributed by atoms with Gasteiger partial charge in [-0.15, -0.1) is 0 Å². The van der Waals surface area contributed by atoms with Crippen LogP contribution in [0.3, 0.4) is 0 Å². The first kappa shape index (κ1) is 14.3. The molecule has 1 N–H and O–H groups in total. The topological polar surface area (TPSA) is 82.1 Å². The van der Waals surface area contributed by atoms with Crippen LogP contribution in [-0.4, -0.2) is 31.2 Å². The molecule has 0 aliphatic carbocycles. The Kier molecular flexibility index (Phi) is 6.43. The summed E-state index contributed by atoms with van der Waals surface area (Å²) in [4.78, 5) is 19.8. The van der Waals surface area contributed by atoms with E-state index in [2.05, 4.69) is 20.4 Å². The normalized spacial score (nSPS) is 14.3. The van der Waals surface area contributed by atoms with E-state index in [9.17, 15) is 9.36 Å². The Morgan fingerprint density at radius 1 is 1.47 bits per heavy atom. The van der Waals surface area contributed by atoms with Crippen LogP contribution >= 0.6 is 7.82 Å². The Morgan fingerprint density at radius 2 is 2.07 bits per heavy atom. The third kappa shape index (κ3) is 6.41. The second-order valence-corrected chi connectivity index (χ2v) is 4.14. The SMILES string of the molecule is C=C(CC)C(=O)OCCOP(=O)(O)OC. The van der Waals surface area contributed by atoms with Crippen molar-refractivity contribution in [3.8, 4) is 0 Å². The van der Waals surface area contributed by atoms with Crippen LogP contribution in [-0.2, 0) is 23.1 Å². The Bertz CT molecular complexity index is 274. The van der Waals surface area contributed by atoms with Crippen LogP contribution in [0.25, 0.3) is 0 Å². The molecule has 0 heterocycles. The van der Waals surface area contributed by atoms with Crippen molar-refractivity contribution in [3.05, 3.63) is 12.2 Å². The number of rotatable bonds is 7. The van der Waals surface area contributed by atoms with Crippen molar-refractivity contribution < 1.29 is 28.0 Å². The fourth-order valence-corrected chi connectivity index (χ4v) is 0.997. The maximum absolute atomic E-state index is 11.0. The van der Waals surface area contributed by atoms with E-state index in [0.29, 0.717) is 12.0 Å². The molecular weight excluding hydrogens is 223 g/mol. The number of esters is 1. The van der Waals surface area contributed by atoms with Gasteiger partial charge in [-0.3, -0.25) is 9.05 Å². The van der Waals surface area contributed by atoms with Crippen LogP contribution in [0.5, 0.6) is 0 Å². The highest BCUT2D eigenvalue weighted by Crippen LogP contribution is 2.41. The summed E-state index contributed by atoms with van der Waals surface area (Å²) in [6.07, 6.45) is 0.496. The molecular formula is C8H15O6P. The Morgan fingerprint density at radius 3 is 2.53 bits per heavy atom. The van der Waals surface area contributed by atoms with Crippen molar-refractivity contribution in [2.24, 2.45) is 0 Å². The molecule has 15 heavy (non-hydrogen) atoms. The molecule has 0 aliphatic rings. The minimum atomic E-state index is -3.98. The number of hydrogen-bond donors (Lipinski definition) is 1. The minimum absolute atomic E-state index is 0.119. The molecule has 0 spiro atoms. The molecule has 1 unspecified atom stereocenters. The molecule has 88 valence electrons. The molecule has 7 heteroatoms. The summed E-state index contributed by atoms with van der Waals surface area (Å²) in [5.74, 6) is -0.536. The lowest BCUT2D eigenvalue weighted by atomic mass is 10.2. The van der Waals surface area contributed by atoms with Crippen LogP contribution in [0, 0.1) is 0 Å². The predicted molar refractivity (Wildman–Crippen MR) is 53.2 cm³/mol. The van der Waals surface area contributed by atoms with Crippen molar-refractivity contribution in [3.63, 3.8) is 0 Å². The Balaban J connectivity index is 3.68. The quantitative estimate of drug-likeness (QED) is 0.311. The number of phosphoric acid groups is 1. The van der Waals surface area contributed by atoms with Gasteiger partial charge in [0.15, 0.2) is 0 Å². The van der Waals surface area contributed by atoms with Crippen LogP contribution in [0.1, 0.15) is 13.3 Å². The zero-order chi connectivity index (χ0) is 11.9. The van der Waals surface area contributed by atoms with Crippen LogP contribution in [0.4, 0.5) is 0 Å². The molecule has 0 aliphatic heterocycles. The maximum atomic E-state index is 11.0. The van der Waals surface area contributed by atoms with Crippen molar-refractivity contribution in [2.75, 3.05) is 20.3 Å². The first-order valence-corrected chi connectivity index (χ1v) is 5.80. The molecule has 0 amide bonds. The summed E-state index contributed by atoms with van der Waals surface area (Å²) in [6, 6.07) is 0. The van der Waals surface area contributed by atoms with E-state index in [-0.39, 0.29) is 13.2 Å². The molecule has 0 saturated carbocycles. The van der Waals surface area contributed by atoms with Gasteiger partial charge in [-0.1, -0.05) is 13.5 Å². The molecule has 0 fully saturated rings. The van der Waals surface area contributed by atoms with Gasteiger partial charge in [0.05, 0.1) is 6.61 Å². The van der Waals surface area contributed by atoms with Crippen molar-refractivity contribution in [1.29, 1.82) is 0 Å². The monoisotopic (exact) mass is 238 g/mol. The number of ether oxygens (including phenoxy) is 1. The smallest absolute Gasteiger partial charge is 0.460 e. The largest absolute Gasteiger partial charge is 0.472 e. The molecule has 0 aromatic carbocycles. The standard InChI is InChI=1S/C8H15O6P/c1-4-7(2)8(9)13-5-6-14-15(10,11)12-3/h2,4-6H2,1,3H3,(H,10,11). The molecule has 0 rings (SSSR count). The van der Waals surface area contributed by atoms with Gasteiger partial charge in [-0.25, -0.2) is 9.36 Å². The molecule has 0 radical (unpaired) electrons. The number of hydrogen-bond acceptors (Lipinski definition) is 5. The average molecular weight is 238 g/mol. The van der Waals surface area contributed by atoms with E-state index < -0.39 is 13.8 Å². The second-order valence-electron chi connectivity index (χ2n) is 2.58. The third-order valence-corrected chi connectivity index (χ3v) is 2.49. The first-order chi connectivity index (χ1) is 6.93. The Hall–Kier alpha value is -0.680. The fraction of sp³-hybridized carbons (Fsp3) is 0.625. The zero-order valence-electron chi connectivity index (χ0n) is 8.76. The molecule has 6 nitrogen and oxygen atoms in total. The van der Waals surface area contributed by atoms with Gasteiger partial charge in [0, 0.05) is 12.7 Å². The lowest BCUT2D eigenvalue weighted by molar-refractivity contribution is -0.140. The average Bonchev–Trinajstić information content (AvgIpc) is 2.22. The molecule has 1 atom stereocenters. The van der Waals surface area contributed by atoms with Crippen molar-refractivity contribution in [1.82, 2.24) is 0 Å². The highest BCUT2D eigenvalue weighted by Gasteiger charge is 2.18.